The summed E-state index contributed by atoms with van der Waals surface area (Å²) >= 11 is 0. The maximum atomic E-state index is 5.58. The SMILES string of the molecule is CCCc1nc(NCC)c(C)c(NCc2ccc(C)o2)n1. The summed E-state index contributed by atoms with van der Waals surface area (Å²) in [5, 5.41) is 6.66. The second-order valence-electron chi connectivity index (χ2n) is 5.11. The molecule has 2 N–H and O–H groups in total. The van der Waals surface area contributed by atoms with E-state index in [4.69, 9.17) is 4.42 Å². The van der Waals surface area contributed by atoms with Crippen molar-refractivity contribution in [1.82, 2.24) is 9.97 Å². The molecule has 0 aliphatic rings. The zero-order valence-corrected chi connectivity index (χ0v) is 13.3. The van der Waals surface area contributed by atoms with Crippen LogP contribution in [0.1, 0.15) is 43.2 Å². The van der Waals surface area contributed by atoms with E-state index in [1.807, 2.05) is 26.0 Å². The Labute approximate surface area is 126 Å². The molecule has 2 aromatic heterocycles. The fourth-order valence-electron chi connectivity index (χ4n) is 2.16. The van der Waals surface area contributed by atoms with Gasteiger partial charge < -0.3 is 15.1 Å². The summed E-state index contributed by atoms with van der Waals surface area (Å²) < 4.78 is 5.58. The van der Waals surface area contributed by atoms with Gasteiger partial charge in [-0.25, -0.2) is 9.97 Å². The van der Waals surface area contributed by atoms with E-state index in [2.05, 4.69) is 34.4 Å². The third kappa shape index (κ3) is 3.97. The minimum absolute atomic E-state index is 0.628. The lowest BCUT2D eigenvalue weighted by Crippen LogP contribution is -2.11. The third-order valence-electron chi connectivity index (χ3n) is 3.24. The van der Waals surface area contributed by atoms with Gasteiger partial charge >= 0.3 is 0 Å². The van der Waals surface area contributed by atoms with Gasteiger partial charge in [0.1, 0.15) is 29.0 Å². The topological polar surface area (TPSA) is 63.0 Å². The second kappa shape index (κ2) is 7.11. The summed E-state index contributed by atoms with van der Waals surface area (Å²) in [6, 6.07) is 3.95. The van der Waals surface area contributed by atoms with Crippen LogP contribution in [-0.2, 0) is 13.0 Å². The Morgan fingerprint density at radius 3 is 2.33 bits per heavy atom. The van der Waals surface area contributed by atoms with E-state index < -0.39 is 0 Å². The normalized spacial score (nSPS) is 10.7. The first-order valence-electron chi connectivity index (χ1n) is 7.54. The molecule has 0 bridgehead atoms. The molecule has 2 heterocycles. The molecule has 0 aliphatic carbocycles. The van der Waals surface area contributed by atoms with E-state index in [0.717, 1.165) is 53.9 Å². The van der Waals surface area contributed by atoms with Crippen molar-refractivity contribution in [3.63, 3.8) is 0 Å². The molecule has 0 unspecified atom stereocenters. The maximum absolute atomic E-state index is 5.58. The molecule has 0 fully saturated rings. The summed E-state index contributed by atoms with van der Waals surface area (Å²) in [5.74, 6) is 4.49. The number of hydrogen-bond acceptors (Lipinski definition) is 5. The summed E-state index contributed by atoms with van der Waals surface area (Å²) in [6.07, 6.45) is 1.92. The minimum Gasteiger partial charge on any atom is -0.465 e. The van der Waals surface area contributed by atoms with Gasteiger partial charge in [0.25, 0.3) is 0 Å². The largest absolute Gasteiger partial charge is 0.465 e. The Hall–Kier alpha value is -2.04. The zero-order valence-electron chi connectivity index (χ0n) is 13.3. The van der Waals surface area contributed by atoms with Crippen molar-refractivity contribution in [3.05, 3.63) is 35.0 Å². The quantitative estimate of drug-likeness (QED) is 0.813. The monoisotopic (exact) mass is 288 g/mol. The second-order valence-corrected chi connectivity index (χ2v) is 5.11. The van der Waals surface area contributed by atoms with Crippen LogP contribution in [0.3, 0.4) is 0 Å². The van der Waals surface area contributed by atoms with Gasteiger partial charge in [-0.1, -0.05) is 6.92 Å². The first kappa shape index (κ1) is 15.4. The van der Waals surface area contributed by atoms with Gasteiger partial charge in [0, 0.05) is 18.5 Å². The number of aromatic nitrogens is 2. The van der Waals surface area contributed by atoms with Crippen molar-refractivity contribution in [2.75, 3.05) is 17.2 Å². The predicted octanol–water partition coefficient (Wildman–Crippen LogP) is 3.68. The fourth-order valence-corrected chi connectivity index (χ4v) is 2.16. The van der Waals surface area contributed by atoms with Gasteiger partial charge in [0.2, 0.25) is 0 Å². The highest BCUT2D eigenvalue weighted by atomic mass is 16.3. The lowest BCUT2D eigenvalue weighted by Gasteiger charge is -2.14. The van der Waals surface area contributed by atoms with E-state index in [1.165, 1.54) is 0 Å². The van der Waals surface area contributed by atoms with Crippen molar-refractivity contribution in [1.29, 1.82) is 0 Å². The molecule has 114 valence electrons. The first-order valence-corrected chi connectivity index (χ1v) is 7.54. The van der Waals surface area contributed by atoms with Crippen LogP contribution in [0.5, 0.6) is 0 Å². The highest BCUT2D eigenvalue weighted by Crippen LogP contribution is 2.21. The molecule has 0 saturated carbocycles. The number of hydrogen-bond donors (Lipinski definition) is 2. The molecule has 0 spiro atoms. The summed E-state index contributed by atoms with van der Waals surface area (Å²) in [5.41, 5.74) is 1.04. The fraction of sp³-hybridized carbons (Fsp3) is 0.500. The van der Waals surface area contributed by atoms with Crippen molar-refractivity contribution < 1.29 is 4.42 Å². The lowest BCUT2D eigenvalue weighted by molar-refractivity contribution is 0.490. The van der Waals surface area contributed by atoms with Crippen molar-refractivity contribution in [2.24, 2.45) is 0 Å². The molecule has 0 aliphatic heterocycles. The predicted molar refractivity (Wildman–Crippen MR) is 85.7 cm³/mol. The van der Waals surface area contributed by atoms with Crippen LogP contribution in [0, 0.1) is 13.8 Å². The van der Waals surface area contributed by atoms with Crippen molar-refractivity contribution in [3.8, 4) is 0 Å². The van der Waals surface area contributed by atoms with E-state index in [9.17, 15) is 0 Å². The average Bonchev–Trinajstić information content (AvgIpc) is 2.87. The number of aryl methyl sites for hydroxylation is 2. The number of furan rings is 1. The highest BCUT2D eigenvalue weighted by Gasteiger charge is 2.10. The smallest absolute Gasteiger partial charge is 0.135 e. The minimum atomic E-state index is 0.628. The van der Waals surface area contributed by atoms with Crippen LogP contribution in [0.2, 0.25) is 0 Å². The summed E-state index contributed by atoms with van der Waals surface area (Å²) in [6.45, 7) is 9.66. The summed E-state index contributed by atoms with van der Waals surface area (Å²) in [4.78, 5) is 9.21. The molecule has 5 nitrogen and oxygen atoms in total. The molecular formula is C16H24N4O. The average molecular weight is 288 g/mol. The summed E-state index contributed by atoms with van der Waals surface area (Å²) in [7, 11) is 0. The molecule has 0 amide bonds. The molecule has 0 aromatic carbocycles. The van der Waals surface area contributed by atoms with Gasteiger partial charge in [0.05, 0.1) is 6.54 Å². The Bertz CT molecular complexity index is 592. The zero-order chi connectivity index (χ0) is 15.2. The molecule has 0 saturated heterocycles. The van der Waals surface area contributed by atoms with Crippen LogP contribution in [0.15, 0.2) is 16.5 Å². The number of nitrogens with zero attached hydrogens (tertiary/aromatic N) is 2. The van der Waals surface area contributed by atoms with Gasteiger partial charge in [-0.05, 0) is 39.3 Å². The standard InChI is InChI=1S/C16H24N4O/c1-5-7-14-19-15(17-6-2)12(4)16(20-14)18-10-13-9-8-11(3)21-13/h8-9H,5-7,10H2,1-4H3,(H2,17,18,19,20). The molecule has 0 radical (unpaired) electrons. The molecule has 2 rings (SSSR count). The Morgan fingerprint density at radius 1 is 1.05 bits per heavy atom. The molecule has 0 atom stereocenters. The van der Waals surface area contributed by atoms with E-state index in [1.54, 1.807) is 0 Å². The van der Waals surface area contributed by atoms with E-state index in [-0.39, 0.29) is 0 Å². The van der Waals surface area contributed by atoms with Crippen LogP contribution in [0.25, 0.3) is 0 Å². The van der Waals surface area contributed by atoms with Gasteiger partial charge in [-0.3, -0.25) is 0 Å². The van der Waals surface area contributed by atoms with E-state index in [0.29, 0.717) is 6.54 Å². The number of anilines is 2. The Morgan fingerprint density at radius 2 is 1.76 bits per heavy atom. The number of rotatable bonds is 7. The molecule has 21 heavy (non-hydrogen) atoms. The van der Waals surface area contributed by atoms with Gasteiger partial charge in [-0.2, -0.15) is 0 Å². The maximum Gasteiger partial charge on any atom is 0.135 e. The Kier molecular flexibility index (Phi) is 5.20. The van der Waals surface area contributed by atoms with E-state index >= 15 is 0 Å². The number of nitrogens with one attached hydrogen (secondary N) is 2. The molecule has 2 aromatic rings. The van der Waals surface area contributed by atoms with Crippen LogP contribution < -0.4 is 10.6 Å². The van der Waals surface area contributed by atoms with Crippen LogP contribution in [0.4, 0.5) is 11.6 Å². The van der Waals surface area contributed by atoms with Crippen molar-refractivity contribution in [2.45, 2.75) is 47.1 Å². The first-order chi connectivity index (χ1) is 10.1. The van der Waals surface area contributed by atoms with Gasteiger partial charge in [-0.15, -0.1) is 0 Å². The highest BCUT2D eigenvalue weighted by molar-refractivity contribution is 5.57. The lowest BCUT2D eigenvalue weighted by atomic mass is 10.2. The van der Waals surface area contributed by atoms with Crippen molar-refractivity contribution >= 4 is 11.6 Å². The van der Waals surface area contributed by atoms with Gasteiger partial charge in [0.15, 0.2) is 0 Å². The van der Waals surface area contributed by atoms with Crippen LogP contribution in [-0.4, -0.2) is 16.5 Å². The Balaban J connectivity index is 2.19. The third-order valence-corrected chi connectivity index (χ3v) is 3.24. The molecule has 5 heteroatoms. The van der Waals surface area contributed by atoms with Crippen LogP contribution >= 0.6 is 0 Å². The molecular weight excluding hydrogens is 264 g/mol.